The molecule has 164 valence electrons. The topological polar surface area (TPSA) is 61.8 Å². The van der Waals surface area contributed by atoms with Gasteiger partial charge in [-0.05, 0) is 61.4 Å². The largest absolute Gasteiger partial charge is 0.508 e. The van der Waals surface area contributed by atoms with Gasteiger partial charge in [0, 0.05) is 24.5 Å². The highest BCUT2D eigenvalue weighted by Crippen LogP contribution is 2.49. The average Bonchev–Trinajstić information content (AvgIpc) is 2.79. The summed E-state index contributed by atoms with van der Waals surface area (Å²) in [5.41, 5.74) is 2.11. The van der Waals surface area contributed by atoms with Gasteiger partial charge >= 0.3 is 6.09 Å². The van der Waals surface area contributed by atoms with E-state index in [1.54, 1.807) is 6.07 Å². The first-order valence-corrected chi connectivity index (χ1v) is 11.2. The molecule has 0 unspecified atom stereocenters. The lowest BCUT2D eigenvalue weighted by atomic mass is 9.58. The summed E-state index contributed by atoms with van der Waals surface area (Å²) in [6.45, 7) is 7.08. The summed E-state index contributed by atoms with van der Waals surface area (Å²) in [7, 11) is 0. The number of piperidine rings is 1. The molecule has 1 aliphatic carbocycles. The zero-order valence-electron chi connectivity index (χ0n) is 18.0. The molecule has 0 radical (unpaired) electrons. The number of hydrogen-bond acceptors (Lipinski definition) is 4. The molecule has 5 heteroatoms. The van der Waals surface area contributed by atoms with Crippen LogP contribution in [-0.4, -0.2) is 41.8 Å². The minimum absolute atomic E-state index is 0.0496. The number of amides is 1. The van der Waals surface area contributed by atoms with Crippen LogP contribution < -0.4 is 5.32 Å². The molecule has 1 aliphatic heterocycles. The van der Waals surface area contributed by atoms with Crippen LogP contribution in [0.1, 0.15) is 36.8 Å². The molecule has 5 nitrogen and oxygen atoms in total. The van der Waals surface area contributed by atoms with Crippen molar-refractivity contribution in [1.29, 1.82) is 0 Å². The first-order valence-electron chi connectivity index (χ1n) is 11.2. The molecule has 31 heavy (non-hydrogen) atoms. The van der Waals surface area contributed by atoms with Crippen molar-refractivity contribution in [2.45, 2.75) is 43.7 Å². The van der Waals surface area contributed by atoms with Crippen LogP contribution in [0.2, 0.25) is 0 Å². The fourth-order valence-corrected chi connectivity index (χ4v) is 5.44. The van der Waals surface area contributed by atoms with Gasteiger partial charge in [-0.15, -0.1) is 6.58 Å². The number of phenols is 1. The minimum Gasteiger partial charge on any atom is -0.508 e. The number of hydrogen-bond donors (Lipinski definition) is 2. The predicted octanol–water partition coefficient (Wildman–Crippen LogP) is 4.62. The second kappa shape index (κ2) is 9.56. The van der Waals surface area contributed by atoms with Gasteiger partial charge in [0.1, 0.15) is 12.4 Å². The van der Waals surface area contributed by atoms with Crippen molar-refractivity contribution in [3.05, 3.63) is 78.4 Å². The minimum atomic E-state index is -0.359. The Morgan fingerprint density at radius 1 is 1.23 bits per heavy atom. The maximum absolute atomic E-state index is 12.5. The molecule has 1 heterocycles. The number of carbonyl (C=O) groups is 1. The van der Waals surface area contributed by atoms with Crippen molar-refractivity contribution in [3.63, 3.8) is 0 Å². The molecule has 4 rings (SSSR count). The Hall–Kier alpha value is -2.79. The van der Waals surface area contributed by atoms with Gasteiger partial charge in [-0.3, -0.25) is 4.90 Å². The number of nitrogens with zero attached hydrogens (tertiary/aromatic N) is 1. The molecule has 1 amide bonds. The first kappa shape index (κ1) is 21.4. The molecule has 0 bridgehead atoms. The number of aromatic hydroxyl groups is 1. The molecule has 1 saturated carbocycles. The van der Waals surface area contributed by atoms with Gasteiger partial charge in [-0.2, -0.15) is 0 Å². The van der Waals surface area contributed by atoms with Gasteiger partial charge < -0.3 is 15.2 Å². The molecule has 0 spiro atoms. The zero-order valence-corrected chi connectivity index (χ0v) is 18.0. The Morgan fingerprint density at radius 2 is 2.06 bits per heavy atom. The number of phenolic OH excluding ortho intramolecular Hbond substituents is 1. The van der Waals surface area contributed by atoms with Crippen LogP contribution in [0.25, 0.3) is 0 Å². The van der Waals surface area contributed by atoms with Crippen molar-refractivity contribution in [3.8, 4) is 5.75 Å². The van der Waals surface area contributed by atoms with Gasteiger partial charge in [-0.25, -0.2) is 4.79 Å². The van der Waals surface area contributed by atoms with Crippen LogP contribution in [0.15, 0.2) is 67.3 Å². The second-order valence-corrected chi connectivity index (χ2v) is 8.89. The Balaban J connectivity index is 1.46. The van der Waals surface area contributed by atoms with Gasteiger partial charge in [-0.1, -0.05) is 48.5 Å². The van der Waals surface area contributed by atoms with E-state index in [2.05, 4.69) is 22.9 Å². The number of nitrogens with one attached hydrogen (secondary N) is 1. The molecule has 2 aliphatic rings. The first-order chi connectivity index (χ1) is 15.1. The van der Waals surface area contributed by atoms with Crippen molar-refractivity contribution < 1.29 is 14.6 Å². The van der Waals surface area contributed by atoms with E-state index in [9.17, 15) is 9.90 Å². The highest BCUT2D eigenvalue weighted by atomic mass is 16.5. The molecule has 0 aromatic heterocycles. The van der Waals surface area contributed by atoms with Crippen molar-refractivity contribution >= 4 is 6.09 Å². The maximum atomic E-state index is 12.5. The molecule has 1 saturated heterocycles. The van der Waals surface area contributed by atoms with E-state index >= 15 is 0 Å². The molecule has 2 N–H and O–H groups in total. The third kappa shape index (κ3) is 4.93. The molecule has 3 atom stereocenters. The standard InChI is InChI=1S/C26H32N2O3/c1-2-14-28-15-13-26(21-9-6-10-24(29)16-21)17-23(12-11-22(26)18-28)27-25(30)31-19-20-7-4-3-5-8-20/h2-10,16,22-23,29H,1,11-15,17-19H2,(H,27,30)/t22-,23-,26+/m1/s1. The molecular weight excluding hydrogens is 388 g/mol. The van der Waals surface area contributed by atoms with Crippen LogP contribution in [0.5, 0.6) is 5.75 Å². The zero-order chi connectivity index (χ0) is 21.7. The highest BCUT2D eigenvalue weighted by molar-refractivity contribution is 5.67. The maximum Gasteiger partial charge on any atom is 0.407 e. The van der Waals surface area contributed by atoms with Crippen LogP contribution in [-0.2, 0) is 16.8 Å². The summed E-state index contributed by atoms with van der Waals surface area (Å²) in [6, 6.07) is 17.5. The van der Waals surface area contributed by atoms with Crippen molar-refractivity contribution in [1.82, 2.24) is 10.2 Å². The lowest BCUT2D eigenvalue weighted by Gasteiger charge is -2.53. The third-order valence-corrected chi connectivity index (χ3v) is 6.95. The van der Waals surface area contributed by atoms with E-state index in [-0.39, 0.29) is 24.2 Å². The van der Waals surface area contributed by atoms with E-state index < -0.39 is 0 Å². The Bertz CT molecular complexity index is 901. The number of benzene rings is 2. The Labute approximate surface area is 184 Å². The number of rotatable bonds is 6. The van der Waals surface area contributed by atoms with Crippen LogP contribution >= 0.6 is 0 Å². The van der Waals surface area contributed by atoms with E-state index in [0.29, 0.717) is 11.7 Å². The van der Waals surface area contributed by atoms with E-state index in [1.165, 1.54) is 5.56 Å². The van der Waals surface area contributed by atoms with E-state index in [1.807, 2.05) is 48.5 Å². The smallest absolute Gasteiger partial charge is 0.407 e. The predicted molar refractivity (Wildman–Crippen MR) is 122 cm³/mol. The third-order valence-electron chi connectivity index (χ3n) is 6.95. The summed E-state index contributed by atoms with van der Waals surface area (Å²) in [5, 5.41) is 13.3. The van der Waals surface area contributed by atoms with Gasteiger partial charge in [0.15, 0.2) is 0 Å². The Kier molecular flexibility index (Phi) is 6.62. The summed E-state index contributed by atoms with van der Waals surface area (Å²) in [6.07, 6.45) is 5.45. The van der Waals surface area contributed by atoms with Crippen molar-refractivity contribution in [2.24, 2.45) is 5.92 Å². The summed E-state index contributed by atoms with van der Waals surface area (Å²) in [5.74, 6) is 0.790. The van der Waals surface area contributed by atoms with Gasteiger partial charge in [0.25, 0.3) is 0 Å². The second-order valence-electron chi connectivity index (χ2n) is 8.89. The summed E-state index contributed by atoms with van der Waals surface area (Å²) >= 11 is 0. The molecule has 2 fully saturated rings. The van der Waals surface area contributed by atoms with E-state index in [4.69, 9.17) is 4.74 Å². The normalized spacial score (nSPS) is 25.9. The number of alkyl carbamates (subject to hydrolysis) is 1. The summed E-state index contributed by atoms with van der Waals surface area (Å²) < 4.78 is 5.46. The monoisotopic (exact) mass is 420 g/mol. The van der Waals surface area contributed by atoms with Gasteiger partial charge in [0.05, 0.1) is 0 Å². The van der Waals surface area contributed by atoms with Crippen molar-refractivity contribution in [2.75, 3.05) is 19.6 Å². The quantitative estimate of drug-likeness (QED) is 0.670. The number of ether oxygens (including phenoxy) is 1. The SMILES string of the molecule is C=CCN1CC[C@@]2(c3cccc(O)c3)C[C@H](NC(=O)OCc3ccccc3)CC[C@@H]2C1. The van der Waals surface area contributed by atoms with Crippen LogP contribution in [0.4, 0.5) is 4.79 Å². The fourth-order valence-electron chi connectivity index (χ4n) is 5.44. The average molecular weight is 421 g/mol. The molecule has 2 aromatic carbocycles. The fraction of sp³-hybridized carbons (Fsp3) is 0.423. The Morgan fingerprint density at radius 3 is 2.84 bits per heavy atom. The number of likely N-dealkylation sites (tertiary alicyclic amines) is 1. The lowest BCUT2D eigenvalue weighted by Crippen LogP contribution is -2.56. The van der Waals surface area contributed by atoms with E-state index in [0.717, 1.165) is 50.9 Å². The molecular formula is C26H32N2O3. The molecule has 2 aromatic rings. The van der Waals surface area contributed by atoms with Crippen LogP contribution in [0.3, 0.4) is 0 Å². The van der Waals surface area contributed by atoms with Crippen LogP contribution in [0, 0.1) is 5.92 Å². The number of carbonyl (C=O) groups excluding carboxylic acids is 1. The lowest BCUT2D eigenvalue weighted by molar-refractivity contribution is 0.0471. The number of fused-ring (bicyclic) bond motifs is 1. The van der Waals surface area contributed by atoms with Gasteiger partial charge in [0.2, 0.25) is 0 Å². The highest BCUT2D eigenvalue weighted by Gasteiger charge is 2.48. The summed E-state index contributed by atoms with van der Waals surface area (Å²) in [4.78, 5) is 14.9.